The summed E-state index contributed by atoms with van der Waals surface area (Å²) >= 11 is 1.83. The van der Waals surface area contributed by atoms with E-state index in [-0.39, 0.29) is 5.91 Å². The first-order chi connectivity index (χ1) is 12.3. The number of para-hydroxylation sites is 1. The molecule has 132 valence electrons. The van der Waals surface area contributed by atoms with Crippen LogP contribution in [0.3, 0.4) is 0 Å². The number of carbonyl (C=O) groups excluding carboxylic acids is 1. The Morgan fingerprint density at radius 2 is 2.16 bits per heavy atom. The number of carbonyl (C=O) groups is 1. The molecule has 1 fully saturated rings. The first-order valence-electron chi connectivity index (χ1n) is 8.91. The Kier molecular flexibility index (Phi) is 5.03. The van der Waals surface area contributed by atoms with Gasteiger partial charge in [-0.15, -0.1) is 16.9 Å². The fraction of sp³-hybridized carbons (Fsp3) is 0.500. The summed E-state index contributed by atoms with van der Waals surface area (Å²) in [5.74, 6) is 1.17. The van der Waals surface area contributed by atoms with Gasteiger partial charge in [0.25, 0.3) is 0 Å². The number of aromatic nitrogens is 3. The lowest BCUT2D eigenvalue weighted by atomic mass is 10.0. The molecule has 0 spiro atoms. The molecule has 1 aromatic heterocycles. The van der Waals surface area contributed by atoms with Crippen molar-refractivity contribution in [2.24, 2.45) is 0 Å². The summed E-state index contributed by atoms with van der Waals surface area (Å²) in [5, 5.41) is 7.97. The van der Waals surface area contributed by atoms with Crippen LogP contribution in [-0.2, 0) is 11.3 Å². The van der Waals surface area contributed by atoms with Crippen LogP contribution in [0.25, 0.3) is 0 Å². The maximum absolute atomic E-state index is 13.0. The van der Waals surface area contributed by atoms with Crippen LogP contribution in [0.1, 0.15) is 19.3 Å². The Morgan fingerprint density at radius 3 is 3.04 bits per heavy atom. The number of anilines is 1. The SMILES string of the molecule is O=C(CN1CCCCC1Cn1ccnn1)N1CCSc2ccccc21. The minimum Gasteiger partial charge on any atom is -0.309 e. The number of hydrogen-bond acceptors (Lipinski definition) is 5. The molecule has 0 radical (unpaired) electrons. The highest BCUT2D eigenvalue weighted by Gasteiger charge is 2.29. The van der Waals surface area contributed by atoms with Crippen LogP contribution < -0.4 is 4.90 Å². The maximum atomic E-state index is 13.0. The van der Waals surface area contributed by atoms with Crippen molar-refractivity contribution in [3.05, 3.63) is 36.7 Å². The van der Waals surface area contributed by atoms with Gasteiger partial charge in [0.1, 0.15) is 0 Å². The molecule has 6 nitrogen and oxygen atoms in total. The van der Waals surface area contributed by atoms with Gasteiger partial charge >= 0.3 is 0 Å². The number of fused-ring (bicyclic) bond motifs is 1. The molecular formula is C18H23N5OS. The molecule has 4 rings (SSSR count). The van der Waals surface area contributed by atoms with Crippen LogP contribution in [0.15, 0.2) is 41.6 Å². The van der Waals surface area contributed by atoms with Crippen LogP contribution in [0.5, 0.6) is 0 Å². The lowest BCUT2D eigenvalue weighted by Crippen LogP contribution is -2.49. The molecule has 1 amide bonds. The average molecular weight is 357 g/mol. The van der Waals surface area contributed by atoms with Gasteiger partial charge in [-0.3, -0.25) is 14.4 Å². The molecule has 0 N–H and O–H groups in total. The average Bonchev–Trinajstić information content (AvgIpc) is 3.16. The number of nitrogens with zero attached hydrogens (tertiary/aromatic N) is 5. The largest absolute Gasteiger partial charge is 0.309 e. The summed E-state index contributed by atoms with van der Waals surface area (Å²) in [6, 6.07) is 8.57. The Hall–Kier alpha value is -1.86. The van der Waals surface area contributed by atoms with Crippen molar-refractivity contribution >= 4 is 23.4 Å². The molecule has 0 aliphatic carbocycles. The zero-order valence-corrected chi connectivity index (χ0v) is 15.1. The Balaban J connectivity index is 1.46. The van der Waals surface area contributed by atoms with Gasteiger partial charge in [0.15, 0.2) is 0 Å². The van der Waals surface area contributed by atoms with E-state index in [0.717, 1.165) is 43.9 Å². The third kappa shape index (κ3) is 3.72. The summed E-state index contributed by atoms with van der Waals surface area (Å²) in [7, 11) is 0. The normalized spacial score (nSPS) is 21.1. The van der Waals surface area contributed by atoms with Crippen LogP contribution >= 0.6 is 11.8 Å². The molecule has 1 unspecified atom stereocenters. The number of benzene rings is 1. The Bertz CT molecular complexity index is 720. The number of likely N-dealkylation sites (tertiary alicyclic amines) is 1. The van der Waals surface area contributed by atoms with Gasteiger partial charge in [-0.25, -0.2) is 0 Å². The monoisotopic (exact) mass is 357 g/mol. The van der Waals surface area contributed by atoms with E-state index in [0.29, 0.717) is 12.6 Å². The summed E-state index contributed by atoms with van der Waals surface area (Å²) < 4.78 is 1.88. The molecule has 25 heavy (non-hydrogen) atoms. The van der Waals surface area contributed by atoms with Gasteiger partial charge in [-0.2, -0.15) is 0 Å². The molecule has 0 bridgehead atoms. The zero-order chi connectivity index (χ0) is 17.1. The second-order valence-corrected chi connectivity index (χ2v) is 7.74. The lowest BCUT2D eigenvalue weighted by molar-refractivity contribution is -0.120. The van der Waals surface area contributed by atoms with E-state index in [1.54, 1.807) is 6.20 Å². The standard InChI is InChI=1S/C18H23N5OS/c24-18(23-11-12-25-17-7-2-1-6-16(17)23)14-21-9-4-3-5-15(21)13-22-10-8-19-20-22/h1-2,6-8,10,15H,3-5,9,11-14H2. The number of amides is 1. The van der Waals surface area contributed by atoms with E-state index in [1.165, 1.54) is 11.3 Å². The van der Waals surface area contributed by atoms with Crippen LogP contribution in [0, 0.1) is 0 Å². The number of hydrogen-bond donors (Lipinski definition) is 0. The zero-order valence-electron chi connectivity index (χ0n) is 14.3. The van der Waals surface area contributed by atoms with Gasteiger partial charge in [0.2, 0.25) is 5.91 Å². The van der Waals surface area contributed by atoms with E-state index in [2.05, 4.69) is 27.3 Å². The second kappa shape index (κ2) is 7.58. The number of thioether (sulfide) groups is 1. The van der Waals surface area contributed by atoms with Crippen molar-refractivity contribution in [2.45, 2.75) is 36.7 Å². The van der Waals surface area contributed by atoms with Gasteiger partial charge < -0.3 is 4.90 Å². The van der Waals surface area contributed by atoms with E-state index < -0.39 is 0 Å². The minimum atomic E-state index is 0.207. The Labute approximate surface area is 152 Å². The number of rotatable bonds is 4. The molecule has 2 aromatic rings. The third-order valence-corrected chi connectivity index (χ3v) is 6.03. The van der Waals surface area contributed by atoms with Crippen molar-refractivity contribution in [3.8, 4) is 0 Å². The first-order valence-corrected chi connectivity index (χ1v) is 9.90. The van der Waals surface area contributed by atoms with Crippen molar-refractivity contribution in [1.29, 1.82) is 0 Å². The highest BCUT2D eigenvalue weighted by Crippen LogP contribution is 2.34. The van der Waals surface area contributed by atoms with E-state index >= 15 is 0 Å². The van der Waals surface area contributed by atoms with Crippen molar-refractivity contribution < 1.29 is 4.79 Å². The van der Waals surface area contributed by atoms with Crippen molar-refractivity contribution in [3.63, 3.8) is 0 Å². The van der Waals surface area contributed by atoms with Gasteiger partial charge in [0, 0.05) is 29.4 Å². The lowest BCUT2D eigenvalue weighted by Gasteiger charge is -2.37. The molecule has 1 saturated heterocycles. The maximum Gasteiger partial charge on any atom is 0.241 e. The fourth-order valence-electron chi connectivity index (χ4n) is 3.71. The van der Waals surface area contributed by atoms with E-state index in [1.807, 2.05) is 39.7 Å². The van der Waals surface area contributed by atoms with E-state index in [4.69, 9.17) is 0 Å². The molecular weight excluding hydrogens is 334 g/mol. The van der Waals surface area contributed by atoms with Crippen molar-refractivity contribution in [1.82, 2.24) is 19.9 Å². The molecule has 0 saturated carbocycles. The predicted molar refractivity (Wildman–Crippen MR) is 98.8 cm³/mol. The first kappa shape index (κ1) is 16.6. The van der Waals surface area contributed by atoms with Crippen LogP contribution in [0.2, 0.25) is 0 Å². The quantitative estimate of drug-likeness (QED) is 0.840. The van der Waals surface area contributed by atoms with Gasteiger partial charge in [0.05, 0.1) is 25.0 Å². The van der Waals surface area contributed by atoms with Crippen molar-refractivity contribution in [2.75, 3.05) is 30.3 Å². The molecule has 1 atom stereocenters. The fourth-order valence-corrected chi connectivity index (χ4v) is 4.70. The highest BCUT2D eigenvalue weighted by atomic mass is 32.2. The number of piperidine rings is 1. The molecule has 7 heteroatoms. The molecule has 2 aliphatic rings. The Morgan fingerprint density at radius 1 is 1.24 bits per heavy atom. The summed E-state index contributed by atoms with van der Waals surface area (Å²) in [5.41, 5.74) is 1.06. The van der Waals surface area contributed by atoms with Gasteiger partial charge in [-0.05, 0) is 31.5 Å². The second-order valence-electron chi connectivity index (χ2n) is 6.61. The topological polar surface area (TPSA) is 54.3 Å². The van der Waals surface area contributed by atoms with Crippen LogP contribution in [-0.4, -0.2) is 57.2 Å². The summed E-state index contributed by atoms with van der Waals surface area (Å²) in [6.07, 6.45) is 7.09. The van der Waals surface area contributed by atoms with Crippen LogP contribution in [0.4, 0.5) is 5.69 Å². The summed E-state index contributed by atoms with van der Waals surface area (Å²) in [6.45, 7) is 3.07. The minimum absolute atomic E-state index is 0.207. The molecule has 3 heterocycles. The van der Waals surface area contributed by atoms with Gasteiger partial charge in [-0.1, -0.05) is 23.8 Å². The third-order valence-electron chi connectivity index (χ3n) is 4.99. The molecule has 1 aromatic carbocycles. The molecule has 2 aliphatic heterocycles. The smallest absolute Gasteiger partial charge is 0.241 e. The predicted octanol–water partition coefficient (Wildman–Crippen LogP) is 2.27. The summed E-state index contributed by atoms with van der Waals surface area (Å²) in [4.78, 5) is 18.5. The van der Waals surface area contributed by atoms with E-state index in [9.17, 15) is 4.79 Å². The highest BCUT2D eigenvalue weighted by molar-refractivity contribution is 7.99.